The number of rotatable bonds is 4. The number of hydrogen-bond acceptors (Lipinski definition) is 4. The first-order chi connectivity index (χ1) is 10.1. The monoisotopic (exact) mass is 290 g/mol. The minimum Gasteiger partial charge on any atom is -0.496 e. The summed E-state index contributed by atoms with van der Waals surface area (Å²) in [7, 11) is 2.87. The topological polar surface area (TPSA) is 73.6 Å². The molecule has 21 heavy (non-hydrogen) atoms. The van der Waals surface area contributed by atoms with Crippen molar-refractivity contribution in [3.05, 3.63) is 47.8 Å². The van der Waals surface area contributed by atoms with Crippen LogP contribution in [0.1, 0.15) is 10.4 Å². The van der Waals surface area contributed by atoms with Gasteiger partial charge in [-0.1, -0.05) is 6.07 Å². The average molecular weight is 290 g/mol. The van der Waals surface area contributed by atoms with Crippen LogP contribution in [0.5, 0.6) is 11.5 Å². The van der Waals surface area contributed by atoms with Crippen molar-refractivity contribution in [2.75, 3.05) is 25.3 Å². The first kappa shape index (κ1) is 14.6. The Morgan fingerprint density at radius 1 is 1.14 bits per heavy atom. The van der Waals surface area contributed by atoms with Crippen LogP contribution in [0.2, 0.25) is 0 Å². The van der Waals surface area contributed by atoms with Crippen molar-refractivity contribution in [2.45, 2.75) is 0 Å². The third kappa shape index (κ3) is 3.05. The van der Waals surface area contributed by atoms with Gasteiger partial charge in [-0.05, 0) is 30.3 Å². The smallest absolute Gasteiger partial charge is 0.263 e. The highest BCUT2D eigenvalue weighted by Gasteiger charge is 2.19. The summed E-state index contributed by atoms with van der Waals surface area (Å²) in [6.07, 6.45) is 0. The van der Waals surface area contributed by atoms with E-state index >= 15 is 0 Å². The molecule has 2 rings (SSSR count). The maximum Gasteiger partial charge on any atom is 0.263 e. The second kappa shape index (κ2) is 6.13. The van der Waals surface area contributed by atoms with Crippen molar-refractivity contribution in [3.8, 4) is 11.5 Å². The molecule has 1 amide bonds. The van der Waals surface area contributed by atoms with Gasteiger partial charge < -0.3 is 20.5 Å². The molecule has 0 atom stereocenters. The molecule has 3 N–H and O–H groups in total. The van der Waals surface area contributed by atoms with Gasteiger partial charge in [-0.25, -0.2) is 4.39 Å². The number of nitrogens with one attached hydrogen (secondary N) is 1. The van der Waals surface area contributed by atoms with E-state index in [1.807, 2.05) is 0 Å². The van der Waals surface area contributed by atoms with Gasteiger partial charge in [0.05, 0.1) is 19.9 Å². The number of carbonyl (C=O) groups excluding carboxylic acids is 1. The number of amides is 1. The van der Waals surface area contributed by atoms with Gasteiger partial charge in [0.1, 0.15) is 22.9 Å². The molecule has 6 heteroatoms. The number of carbonyl (C=O) groups is 1. The molecule has 2 aromatic rings. The number of anilines is 2. The van der Waals surface area contributed by atoms with Crippen LogP contribution in [0.4, 0.5) is 15.8 Å². The number of ether oxygens (including phenoxy) is 2. The van der Waals surface area contributed by atoms with E-state index in [9.17, 15) is 9.18 Å². The third-order valence-electron chi connectivity index (χ3n) is 2.89. The zero-order chi connectivity index (χ0) is 15.4. The second-order valence-electron chi connectivity index (χ2n) is 4.23. The van der Waals surface area contributed by atoms with Crippen molar-refractivity contribution in [2.24, 2.45) is 0 Å². The maximum atomic E-state index is 13.7. The van der Waals surface area contributed by atoms with Gasteiger partial charge in [0.25, 0.3) is 5.91 Å². The minimum absolute atomic E-state index is 0.00652. The van der Waals surface area contributed by atoms with Gasteiger partial charge in [0, 0.05) is 5.69 Å². The molecule has 0 heterocycles. The average Bonchev–Trinajstić information content (AvgIpc) is 2.49. The summed E-state index contributed by atoms with van der Waals surface area (Å²) in [5.74, 6) is -0.465. The van der Waals surface area contributed by atoms with Gasteiger partial charge in [0.2, 0.25) is 0 Å². The van der Waals surface area contributed by atoms with Crippen LogP contribution in [-0.2, 0) is 0 Å². The van der Waals surface area contributed by atoms with Crippen LogP contribution in [0, 0.1) is 5.82 Å². The highest BCUT2D eigenvalue weighted by Crippen LogP contribution is 2.29. The second-order valence-corrected chi connectivity index (χ2v) is 4.23. The van der Waals surface area contributed by atoms with Crippen molar-refractivity contribution in [1.82, 2.24) is 0 Å². The van der Waals surface area contributed by atoms with E-state index in [-0.39, 0.29) is 11.3 Å². The van der Waals surface area contributed by atoms with E-state index in [2.05, 4.69) is 5.32 Å². The van der Waals surface area contributed by atoms with Crippen LogP contribution in [0.25, 0.3) is 0 Å². The Labute approximate surface area is 121 Å². The molecule has 0 radical (unpaired) electrons. The lowest BCUT2D eigenvalue weighted by Gasteiger charge is -2.13. The summed E-state index contributed by atoms with van der Waals surface area (Å²) in [6.45, 7) is 0. The quantitative estimate of drug-likeness (QED) is 0.849. The van der Waals surface area contributed by atoms with Gasteiger partial charge in [-0.15, -0.1) is 0 Å². The molecule has 0 bridgehead atoms. The zero-order valence-corrected chi connectivity index (χ0v) is 11.6. The Bertz CT molecular complexity index is 652. The van der Waals surface area contributed by atoms with Crippen LogP contribution in [-0.4, -0.2) is 20.1 Å². The molecule has 2 aromatic carbocycles. The molecule has 0 fully saturated rings. The predicted octanol–water partition coefficient (Wildman–Crippen LogP) is 2.68. The van der Waals surface area contributed by atoms with E-state index in [1.165, 1.54) is 32.4 Å². The largest absolute Gasteiger partial charge is 0.496 e. The van der Waals surface area contributed by atoms with Gasteiger partial charge in [0.15, 0.2) is 0 Å². The van der Waals surface area contributed by atoms with Gasteiger partial charge in [-0.2, -0.15) is 0 Å². The maximum absolute atomic E-state index is 13.7. The summed E-state index contributed by atoms with van der Waals surface area (Å²) in [5, 5.41) is 2.46. The summed E-state index contributed by atoms with van der Waals surface area (Å²) >= 11 is 0. The Kier molecular flexibility index (Phi) is 4.27. The predicted molar refractivity (Wildman–Crippen MR) is 78.3 cm³/mol. The summed E-state index contributed by atoms with van der Waals surface area (Å²) in [6, 6.07) is 8.87. The Hall–Kier alpha value is -2.76. The molecule has 0 spiro atoms. The van der Waals surface area contributed by atoms with E-state index in [0.717, 1.165) is 0 Å². The molecular formula is C15H15FN2O3. The standard InChI is InChI=1S/C15H15FN2O3/c1-20-12-4-3-5-13(21-2)14(12)15(19)18-11-8-9(17)6-7-10(11)16/h3-8H,17H2,1-2H3,(H,18,19). The van der Waals surface area contributed by atoms with E-state index in [1.54, 1.807) is 18.2 Å². The molecule has 0 aliphatic rings. The van der Waals surface area contributed by atoms with Crippen LogP contribution < -0.4 is 20.5 Å². The van der Waals surface area contributed by atoms with E-state index in [4.69, 9.17) is 15.2 Å². The van der Waals surface area contributed by atoms with E-state index in [0.29, 0.717) is 17.2 Å². The molecule has 5 nitrogen and oxygen atoms in total. The highest BCUT2D eigenvalue weighted by atomic mass is 19.1. The first-order valence-corrected chi connectivity index (χ1v) is 6.14. The summed E-state index contributed by atoms with van der Waals surface area (Å²) in [5.41, 5.74) is 6.11. The van der Waals surface area contributed by atoms with Crippen LogP contribution in [0.3, 0.4) is 0 Å². The number of hydrogen-bond donors (Lipinski definition) is 2. The van der Waals surface area contributed by atoms with Crippen molar-refractivity contribution >= 4 is 17.3 Å². The van der Waals surface area contributed by atoms with Crippen LogP contribution >= 0.6 is 0 Å². The molecular weight excluding hydrogens is 275 g/mol. The molecule has 0 aliphatic heterocycles. The Morgan fingerprint density at radius 3 is 2.33 bits per heavy atom. The number of benzene rings is 2. The fourth-order valence-corrected chi connectivity index (χ4v) is 1.90. The van der Waals surface area contributed by atoms with Gasteiger partial charge in [-0.3, -0.25) is 4.79 Å². The normalized spacial score (nSPS) is 10.0. The molecule has 110 valence electrons. The molecule has 0 saturated carbocycles. The Morgan fingerprint density at radius 2 is 1.76 bits per heavy atom. The lowest BCUT2D eigenvalue weighted by molar-refractivity contribution is 0.102. The fraction of sp³-hybridized carbons (Fsp3) is 0.133. The fourth-order valence-electron chi connectivity index (χ4n) is 1.90. The first-order valence-electron chi connectivity index (χ1n) is 6.14. The SMILES string of the molecule is COc1cccc(OC)c1C(=O)Nc1cc(N)ccc1F. The number of nitrogens with two attached hydrogens (primary N) is 1. The van der Waals surface area contributed by atoms with E-state index < -0.39 is 11.7 Å². The Balaban J connectivity index is 2.38. The lowest BCUT2D eigenvalue weighted by Crippen LogP contribution is -2.15. The number of nitrogen functional groups attached to an aromatic ring is 1. The molecule has 0 aliphatic carbocycles. The van der Waals surface area contributed by atoms with Gasteiger partial charge >= 0.3 is 0 Å². The summed E-state index contributed by atoms with van der Waals surface area (Å²) < 4.78 is 24.0. The van der Waals surface area contributed by atoms with Crippen molar-refractivity contribution in [3.63, 3.8) is 0 Å². The molecule has 0 unspecified atom stereocenters. The summed E-state index contributed by atoms with van der Waals surface area (Å²) in [4.78, 5) is 12.4. The molecule has 0 aromatic heterocycles. The molecule has 0 saturated heterocycles. The number of methoxy groups -OCH3 is 2. The minimum atomic E-state index is -0.577. The number of halogens is 1. The third-order valence-corrected chi connectivity index (χ3v) is 2.89. The van der Waals surface area contributed by atoms with Crippen LogP contribution in [0.15, 0.2) is 36.4 Å². The zero-order valence-electron chi connectivity index (χ0n) is 11.6. The van der Waals surface area contributed by atoms with Crippen molar-refractivity contribution < 1.29 is 18.7 Å². The highest BCUT2D eigenvalue weighted by molar-refractivity contribution is 6.08. The van der Waals surface area contributed by atoms with Crippen molar-refractivity contribution in [1.29, 1.82) is 0 Å². The lowest BCUT2D eigenvalue weighted by atomic mass is 10.1.